The number of hydrogen-bond donors (Lipinski definition) is 1. The average Bonchev–Trinajstić information content (AvgIpc) is 3.02. The van der Waals surface area contributed by atoms with E-state index in [2.05, 4.69) is 15.5 Å². The van der Waals surface area contributed by atoms with Gasteiger partial charge in [-0.25, -0.2) is 9.78 Å². The van der Waals surface area contributed by atoms with Gasteiger partial charge in [-0.1, -0.05) is 30.3 Å². The number of rotatable bonds is 4. The van der Waals surface area contributed by atoms with Gasteiger partial charge in [-0.2, -0.15) is 5.10 Å². The number of benzene rings is 2. The van der Waals surface area contributed by atoms with Crippen LogP contribution in [0.5, 0.6) is 0 Å². The molecule has 3 rings (SSSR count). The molecule has 0 saturated carbocycles. The quantitative estimate of drug-likeness (QED) is 0.247. The van der Waals surface area contributed by atoms with Gasteiger partial charge in [-0.05, 0) is 43.0 Å². The van der Waals surface area contributed by atoms with E-state index in [1.54, 1.807) is 6.92 Å². The number of nitrogens with zero attached hydrogens (tertiary/aromatic N) is 2. The van der Waals surface area contributed by atoms with E-state index < -0.39 is 5.97 Å². The predicted molar refractivity (Wildman–Crippen MR) is 99.6 cm³/mol. The Morgan fingerprint density at radius 2 is 1.96 bits per heavy atom. The fourth-order valence-electron chi connectivity index (χ4n) is 1.91. The minimum atomic E-state index is -0.467. The van der Waals surface area contributed by atoms with Crippen molar-refractivity contribution in [3.05, 3.63) is 54.6 Å². The topological polar surface area (TPSA) is 63.6 Å². The molecular formula is C17H15N3O2S2. The van der Waals surface area contributed by atoms with Gasteiger partial charge in [-0.3, -0.25) is 5.43 Å². The number of nitrogens with one attached hydrogen (secondary N) is 1. The van der Waals surface area contributed by atoms with Crippen LogP contribution in [0.15, 0.2) is 64.0 Å². The zero-order valence-electron chi connectivity index (χ0n) is 12.9. The second kappa shape index (κ2) is 7.94. The summed E-state index contributed by atoms with van der Waals surface area (Å²) in [4.78, 5) is 16.7. The Kier molecular flexibility index (Phi) is 5.45. The molecule has 3 aromatic rings. The standard InChI is InChI=1S/C17H15N3O2S2/c1-2-22-16(21)15(20-19-12-8-4-3-5-9-12)24-17-18-13-10-6-7-11-14(13)23-17/h3-11,19H,2H2,1H3/b20-15+. The average molecular weight is 357 g/mol. The predicted octanol–water partition coefficient (Wildman–Crippen LogP) is 4.38. The van der Waals surface area contributed by atoms with Crippen molar-refractivity contribution in [3.63, 3.8) is 0 Å². The lowest BCUT2D eigenvalue weighted by molar-refractivity contribution is -0.134. The van der Waals surface area contributed by atoms with Crippen LogP contribution in [0.3, 0.4) is 0 Å². The molecule has 0 aliphatic rings. The highest BCUT2D eigenvalue weighted by atomic mass is 32.2. The Balaban J connectivity index is 1.82. The molecule has 0 amide bonds. The number of thioether (sulfide) groups is 1. The summed E-state index contributed by atoms with van der Waals surface area (Å²) in [6, 6.07) is 17.3. The number of para-hydroxylation sites is 2. The highest BCUT2D eigenvalue weighted by Crippen LogP contribution is 2.30. The molecule has 7 heteroatoms. The van der Waals surface area contributed by atoms with Crippen LogP contribution in [0.25, 0.3) is 10.2 Å². The number of anilines is 1. The van der Waals surface area contributed by atoms with Crippen LogP contribution in [-0.2, 0) is 9.53 Å². The molecule has 122 valence electrons. The van der Waals surface area contributed by atoms with E-state index in [0.717, 1.165) is 20.2 Å². The van der Waals surface area contributed by atoms with Crippen molar-refractivity contribution in [2.75, 3.05) is 12.0 Å². The molecule has 24 heavy (non-hydrogen) atoms. The molecular weight excluding hydrogens is 342 g/mol. The first-order chi connectivity index (χ1) is 11.8. The number of ether oxygens (including phenoxy) is 1. The van der Waals surface area contributed by atoms with Crippen molar-refractivity contribution in [2.45, 2.75) is 11.3 Å². The molecule has 0 atom stereocenters. The third kappa shape index (κ3) is 4.12. The lowest BCUT2D eigenvalue weighted by atomic mass is 10.3. The van der Waals surface area contributed by atoms with Gasteiger partial charge in [0, 0.05) is 0 Å². The summed E-state index contributed by atoms with van der Waals surface area (Å²) < 4.78 is 6.90. The zero-order valence-corrected chi connectivity index (χ0v) is 14.6. The lowest BCUT2D eigenvalue weighted by Gasteiger charge is -2.05. The number of hydrogen-bond acceptors (Lipinski definition) is 7. The number of thiazole rings is 1. The van der Waals surface area contributed by atoms with Crippen LogP contribution in [0.4, 0.5) is 5.69 Å². The number of carbonyl (C=O) groups excluding carboxylic acids is 1. The van der Waals surface area contributed by atoms with Gasteiger partial charge >= 0.3 is 5.97 Å². The molecule has 1 N–H and O–H groups in total. The van der Waals surface area contributed by atoms with Crippen molar-refractivity contribution >= 4 is 50.0 Å². The molecule has 0 spiro atoms. The van der Waals surface area contributed by atoms with Gasteiger partial charge in [0.2, 0.25) is 5.04 Å². The second-order valence-electron chi connectivity index (χ2n) is 4.66. The molecule has 0 radical (unpaired) electrons. The van der Waals surface area contributed by atoms with Crippen LogP contribution in [0.2, 0.25) is 0 Å². The first kappa shape index (κ1) is 16.5. The van der Waals surface area contributed by atoms with Crippen LogP contribution in [0, 0.1) is 0 Å². The Hall–Kier alpha value is -2.38. The van der Waals surface area contributed by atoms with Gasteiger partial charge in [0.25, 0.3) is 0 Å². The fourth-order valence-corrected chi connectivity index (χ4v) is 3.82. The largest absolute Gasteiger partial charge is 0.461 e. The molecule has 0 aliphatic carbocycles. The zero-order chi connectivity index (χ0) is 16.8. The molecule has 0 saturated heterocycles. The van der Waals surface area contributed by atoms with Crippen molar-refractivity contribution in [1.82, 2.24) is 4.98 Å². The number of hydrazone groups is 1. The SMILES string of the molecule is CCOC(=O)/C(=N\Nc1ccccc1)Sc1nc2ccccc2s1. The number of aromatic nitrogens is 1. The Morgan fingerprint density at radius 1 is 1.21 bits per heavy atom. The van der Waals surface area contributed by atoms with Gasteiger partial charge < -0.3 is 4.74 Å². The highest BCUT2D eigenvalue weighted by Gasteiger charge is 2.17. The van der Waals surface area contributed by atoms with Gasteiger partial charge in [0.15, 0.2) is 4.34 Å². The first-order valence-corrected chi connectivity index (χ1v) is 8.99. The first-order valence-electron chi connectivity index (χ1n) is 7.35. The van der Waals surface area contributed by atoms with Crippen LogP contribution >= 0.6 is 23.1 Å². The maximum absolute atomic E-state index is 12.1. The Morgan fingerprint density at radius 3 is 2.71 bits per heavy atom. The molecule has 0 fully saturated rings. The van der Waals surface area contributed by atoms with Crippen molar-refractivity contribution < 1.29 is 9.53 Å². The second-order valence-corrected chi connectivity index (χ2v) is 6.93. The van der Waals surface area contributed by atoms with Crippen molar-refractivity contribution in [1.29, 1.82) is 0 Å². The van der Waals surface area contributed by atoms with E-state index in [9.17, 15) is 4.79 Å². The molecule has 2 aromatic carbocycles. The summed E-state index contributed by atoms with van der Waals surface area (Å²) >= 11 is 2.72. The summed E-state index contributed by atoms with van der Waals surface area (Å²) in [5, 5.41) is 4.42. The summed E-state index contributed by atoms with van der Waals surface area (Å²) in [6.45, 7) is 2.06. The molecule has 1 heterocycles. The van der Waals surface area contributed by atoms with E-state index in [1.165, 1.54) is 23.1 Å². The van der Waals surface area contributed by atoms with Crippen LogP contribution in [-0.4, -0.2) is 22.6 Å². The minimum Gasteiger partial charge on any atom is -0.461 e. The van der Waals surface area contributed by atoms with Gasteiger partial charge in [0.1, 0.15) is 0 Å². The van der Waals surface area contributed by atoms with Crippen LogP contribution in [0.1, 0.15) is 6.92 Å². The number of esters is 1. The lowest BCUT2D eigenvalue weighted by Crippen LogP contribution is -2.15. The maximum Gasteiger partial charge on any atom is 0.365 e. The summed E-state index contributed by atoms with van der Waals surface area (Å²) in [6.07, 6.45) is 0. The molecule has 5 nitrogen and oxygen atoms in total. The van der Waals surface area contributed by atoms with E-state index in [-0.39, 0.29) is 5.04 Å². The minimum absolute atomic E-state index is 0.222. The Labute approximate surface area is 147 Å². The van der Waals surface area contributed by atoms with E-state index in [4.69, 9.17) is 4.74 Å². The fraction of sp³-hybridized carbons (Fsp3) is 0.118. The van der Waals surface area contributed by atoms with Gasteiger partial charge in [0.05, 0.1) is 22.5 Å². The highest BCUT2D eigenvalue weighted by molar-refractivity contribution is 8.17. The number of fused-ring (bicyclic) bond motifs is 1. The smallest absolute Gasteiger partial charge is 0.365 e. The van der Waals surface area contributed by atoms with E-state index in [0.29, 0.717) is 6.61 Å². The monoisotopic (exact) mass is 357 g/mol. The van der Waals surface area contributed by atoms with Crippen molar-refractivity contribution in [2.24, 2.45) is 5.10 Å². The number of carbonyl (C=O) groups is 1. The van der Waals surface area contributed by atoms with Crippen LogP contribution < -0.4 is 5.43 Å². The summed E-state index contributed by atoms with van der Waals surface area (Å²) in [5.41, 5.74) is 4.58. The maximum atomic E-state index is 12.1. The van der Waals surface area contributed by atoms with Crippen molar-refractivity contribution in [3.8, 4) is 0 Å². The normalized spacial score (nSPS) is 11.5. The Bertz CT molecular complexity index is 829. The van der Waals surface area contributed by atoms with E-state index >= 15 is 0 Å². The molecule has 0 unspecified atom stereocenters. The molecule has 0 bridgehead atoms. The molecule has 1 aromatic heterocycles. The third-order valence-electron chi connectivity index (χ3n) is 2.97. The van der Waals surface area contributed by atoms with Gasteiger partial charge in [-0.15, -0.1) is 11.3 Å². The van der Waals surface area contributed by atoms with E-state index in [1.807, 2.05) is 54.6 Å². The summed E-state index contributed by atoms with van der Waals surface area (Å²) in [5.74, 6) is -0.467. The third-order valence-corrected chi connectivity index (χ3v) is 5.02. The molecule has 0 aliphatic heterocycles. The summed E-state index contributed by atoms with van der Waals surface area (Å²) in [7, 11) is 0.